The van der Waals surface area contributed by atoms with Gasteiger partial charge in [-0.1, -0.05) is 6.07 Å². The summed E-state index contributed by atoms with van der Waals surface area (Å²) in [5, 5.41) is 2.42. The van der Waals surface area contributed by atoms with Crippen molar-refractivity contribution in [3.8, 4) is 0 Å². The van der Waals surface area contributed by atoms with Gasteiger partial charge >= 0.3 is 0 Å². The van der Waals surface area contributed by atoms with Gasteiger partial charge in [-0.15, -0.1) is 0 Å². The van der Waals surface area contributed by atoms with Crippen LogP contribution in [-0.4, -0.2) is 28.7 Å². The molecule has 6 nitrogen and oxygen atoms in total. The first-order valence-corrected chi connectivity index (χ1v) is 4.29. The number of pyridine rings is 1. The fourth-order valence-electron chi connectivity index (χ4n) is 1.14. The number of amidine groups is 1. The number of carbonyl (C=O) groups excluding carboxylic acids is 2. The van der Waals surface area contributed by atoms with Crippen LogP contribution in [0.5, 0.6) is 0 Å². The van der Waals surface area contributed by atoms with Crippen LogP contribution in [0.1, 0.15) is 5.69 Å². The molecule has 0 spiro atoms. The quantitative estimate of drug-likeness (QED) is 0.562. The Kier molecular flexibility index (Phi) is 2.26. The lowest BCUT2D eigenvalue weighted by Crippen LogP contribution is -2.52. The molecule has 1 unspecified atom stereocenters. The Morgan fingerprint density at radius 2 is 2.13 bits per heavy atom. The molecule has 2 rings (SSSR count). The molecule has 0 bridgehead atoms. The number of aliphatic imine (C=N–C) groups is 1. The second kappa shape index (κ2) is 3.58. The standard InChI is InChI=1S/C9H8N4O2/c10-6-8(14)12-7(13-9(6)15)5-3-1-2-4-11-5/h1-4,6H,10H2,(H,12,13,14,15). The second-order valence-corrected chi connectivity index (χ2v) is 2.98. The zero-order valence-electron chi connectivity index (χ0n) is 7.68. The van der Waals surface area contributed by atoms with Crippen LogP contribution in [0.15, 0.2) is 29.4 Å². The van der Waals surface area contributed by atoms with E-state index in [1.807, 2.05) is 0 Å². The average Bonchev–Trinajstić information content (AvgIpc) is 2.26. The van der Waals surface area contributed by atoms with Gasteiger partial charge in [-0.05, 0) is 12.1 Å². The number of hydrogen-bond donors (Lipinski definition) is 2. The predicted molar refractivity (Wildman–Crippen MR) is 51.9 cm³/mol. The van der Waals surface area contributed by atoms with Gasteiger partial charge in [-0.3, -0.25) is 14.6 Å². The summed E-state index contributed by atoms with van der Waals surface area (Å²) in [6, 6.07) is 3.89. The summed E-state index contributed by atoms with van der Waals surface area (Å²) in [5.41, 5.74) is 5.71. The third-order valence-electron chi connectivity index (χ3n) is 1.92. The molecule has 76 valence electrons. The lowest BCUT2D eigenvalue weighted by Gasteiger charge is -2.16. The molecule has 1 aromatic heterocycles. The minimum atomic E-state index is -1.21. The summed E-state index contributed by atoms with van der Waals surface area (Å²) in [6.45, 7) is 0. The molecule has 6 heteroatoms. The van der Waals surface area contributed by atoms with Crippen molar-refractivity contribution in [1.29, 1.82) is 0 Å². The van der Waals surface area contributed by atoms with Gasteiger partial charge in [0.1, 0.15) is 5.69 Å². The molecule has 0 aromatic carbocycles. The molecule has 0 saturated carbocycles. The highest BCUT2D eigenvalue weighted by atomic mass is 16.2. The Balaban J connectivity index is 2.36. The van der Waals surface area contributed by atoms with E-state index in [0.29, 0.717) is 5.69 Å². The Bertz CT molecular complexity index is 441. The van der Waals surface area contributed by atoms with Crippen LogP contribution >= 0.6 is 0 Å². The summed E-state index contributed by atoms with van der Waals surface area (Å²) in [5.74, 6) is -1.07. The van der Waals surface area contributed by atoms with Gasteiger partial charge in [0, 0.05) is 6.20 Å². The number of carbonyl (C=O) groups is 2. The minimum Gasteiger partial charge on any atom is -0.312 e. The fourth-order valence-corrected chi connectivity index (χ4v) is 1.14. The Morgan fingerprint density at radius 1 is 1.33 bits per heavy atom. The summed E-state index contributed by atoms with van der Waals surface area (Å²) in [7, 11) is 0. The van der Waals surface area contributed by atoms with Crippen molar-refractivity contribution in [2.75, 3.05) is 0 Å². The topological polar surface area (TPSA) is 97.4 Å². The normalized spacial score (nSPS) is 20.9. The average molecular weight is 204 g/mol. The lowest BCUT2D eigenvalue weighted by atomic mass is 10.2. The SMILES string of the molecule is NC1C(=O)N=C(c2ccccn2)NC1=O. The van der Waals surface area contributed by atoms with Crippen molar-refractivity contribution in [3.63, 3.8) is 0 Å². The van der Waals surface area contributed by atoms with Gasteiger partial charge in [0.25, 0.3) is 11.8 Å². The molecule has 0 aliphatic carbocycles. The third kappa shape index (κ3) is 1.75. The van der Waals surface area contributed by atoms with E-state index in [4.69, 9.17) is 5.73 Å². The molecule has 1 aromatic rings. The van der Waals surface area contributed by atoms with Gasteiger partial charge < -0.3 is 11.1 Å². The number of nitrogens with zero attached hydrogens (tertiary/aromatic N) is 2. The number of amides is 2. The third-order valence-corrected chi connectivity index (χ3v) is 1.92. The predicted octanol–water partition coefficient (Wildman–Crippen LogP) is -1.19. The van der Waals surface area contributed by atoms with Crippen LogP contribution in [-0.2, 0) is 9.59 Å². The van der Waals surface area contributed by atoms with Gasteiger partial charge in [0.15, 0.2) is 11.9 Å². The van der Waals surface area contributed by atoms with E-state index in [-0.39, 0.29) is 5.84 Å². The number of aromatic nitrogens is 1. The number of rotatable bonds is 1. The fraction of sp³-hybridized carbons (Fsp3) is 0.111. The molecule has 1 aliphatic rings. The molecule has 0 saturated heterocycles. The van der Waals surface area contributed by atoms with E-state index < -0.39 is 17.9 Å². The van der Waals surface area contributed by atoms with Crippen LogP contribution in [0.25, 0.3) is 0 Å². The highest BCUT2D eigenvalue weighted by molar-refractivity contribution is 6.22. The largest absolute Gasteiger partial charge is 0.312 e. The zero-order chi connectivity index (χ0) is 10.8. The Morgan fingerprint density at radius 3 is 2.73 bits per heavy atom. The van der Waals surface area contributed by atoms with E-state index in [2.05, 4.69) is 15.3 Å². The van der Waals surface area contributed by atoms with Crippen LogP contribution in [0.4, 0.5) is 0 Å². The number of hydrogen-bond acceptors (Lipinski definition) is 4. The summed E-state index contributed by atoms with van der Waals surface area (Å²) >= 11 is 0. The molecule has 2 amide bonds. The van der Waals surface area contributed by atoms with E-state index in [1.165, 1.54) is 0 Å². The monoisotopic (exact) mass is 204 g/mol. The van der Waals surface area contributed by atoms with E-state index in [1.54, 1.807) is 24.4 Å². The van der Waals surface area contributed by atoms with Crippen molar-refractivity contribution in [2.45, 2.75) is 6.04 Å². The van der Waals surface area contributed by atoms with Crippen molar-refractivity contribution in [3.05, 3.63) is 30.1 Å². The van der Waals surface area contributed by atoms with E-state index >= 15 is 0 Å². The zero-order valence-corrected chi connectivity index (χ0v) is 7.68. The molecule has 1 atom stereocenters. The van der Waals surface area contributed by atoms with Crippen LogP contribution < -0.4 is 11.1 Å². The van der Waals surface area contributed by atoms with Crippen molar-refractivity contribution < 1.29 is 9.59 Å². The Hall–Kier alpha value is -2.08. The molecule has 3 N–H and O–H groups in total. The molecular formula is C9H8N4O2. The summed E-state index contributed by atoms with van der Waals surface area (Å²) < 4.78 is 0. The van der Waals surface area contributed by atoms with E-state index in [9.17, 15) is 9.59 Å². The maximum absolute atomic E-state index is 11.2. The Labute approximate surface area is 85.2 Å². The number of nitrogens with two attached hydrogens (primary N) is 1. The van der Waals surface area contributed by atoms with Crippen molar-refractivity contribution >= 4 is 17.6 Å². The molecule has 15 heavy (non-hydrogen) atoms. The molecular weight excluding hydrogens is 196 g/mol. The maximum Gasteiger partial charge on any atom is 0.274 e. The first kappa shape index (κ1) is 9.47. The summed E-state index contributed by atoms with van der Waals surface area (Å²) in [6.07, 6.45) is 1.54. The highest BCUT2D eigenvalue weighted by Gasteiger charge is 2.28. The van der Waals surface area contributed by atoms with Gasteiger partial charge in [-0.2, -0.15) is 4.99 Å². The first-order valence-electron chi connectivity index (χ1n) is 4.29. The van der Waals surface area contributed by atoms with Gasteiger partial charge in [0.05, 0.1) is 0 Å². The van der Waals surface area contributed by atoms with Crippen LogP contribution in [0.3, 0.4) is 0 Å². The van der Waals surface area contributed by atoms with Gasteiger partial charge in [0.2, 0.25) is 0 Å². The highest BCUT2D eigenvalue weighted by Crippen LogP contribution is 2.01. The lowest BCUT2D eigenvalue weighted by molar-refractivity contribution is -0.129. The van der Waals surface area contributed by atoms with Crippen LogP contribution in [0, 0.1) is 0 Å². The molecule has 0 fully saturated rings. The molecule has 0 radical (unpaired) electrons. The molecule has 2 heterocycles. The minimum absolute atomic E-state index is 0.146. The second-order valence-electron chi connectivity index (χ2n) is 2.98. The van der Waals surface area contributed by atoms with Crippen molar-refractivity contribution in [1.82, 2.24) is 10.3 Å². The first-order chi connectivity index (χ1) is 7.18. The summed E-state index contributed by atoms with van der Waals surface area (Å²) in [4.78, 5) is 30.0. The molecule has 1 aliphatic heterocycles. The van der Waals surface area contributed by atoms with E-state index in [0.717, 1.165) is 0 Å². The van der Waals surface area contributed by atoms with Gasteiger partial charge in [-0.25, -0.2) is 0 Å². The van der Waals surface area contributed by atoms with Crippen molar-refractivity contribution in [2.24, 2.45) is 10.7 Å². The number of nitrogens with one attached hydrogen (secondary N) is 1. The smallest absolute Gasteiger partial charge is 0.274 e. The van der Waals surface area contributed by atoms with Crippen LogP contribution in [0.2, 0.25) is 0 Å². The maximum atomic E-state index is 11.2.